The van der Waals surface area contributed by atoms with Gasteiger partial charge in [-0.3, -0.25) is 4.79 Å². The van der Waals surface area contributed by atoms with Crippen LogP contribution in [0.15, 0.2) is 53.4 Å². The third-order valence-corrected chi connectivity index (χ3v) is 9.76. The van der Waals surface area contributed by atoms with Gasteiger partial charge in [0.25, 0.3) is 5.91 Å². The van der Waals surface area contributed by atoms with Crippen molar-refractivity contribution in [2.75, 3.05) is 25.0 Å². The van der Waals surface area contributed by atoms with Crippen LogP contribution in [0.1, 0.15) is 44.4 Å². The summed E-state index contributed by atoms with van der Waals surface area (Å²) in [5.41, 5.74) is 3.66. The molecule has 0 bridgehead atoms. The van der Waals surface area contributed by atoms with Gasteiger partial charge < -0.3 is 15.0 Å². The van der Waals surface area contributed by atoms with E-state index in [-0.39, 0.29) is 17.1 Å². The largest absolute Gasteiger partial charge is 0.450 e. The molecule has 3 aromatic rings. The fraction of sp³-hybridized carbons (Fsp3) is 0.296. The first-order valence-electron chi connectivity index (χ1n) is 12.3. The van der Waals surface area contributed by atoms with Crippen molar-refractivity contribution in [3.05, 3.63) is 81.2 Å². The maximum absolute atomic E-state index is 13.2. The first kappa shape index (κ1) is 25.9. The number of thiophene rings is 1. The summed E-state index contributed by atoms with van der Waals surface area (Å²) in [7, 11) is -3.72. The fourth-order valence-corrected chi connectivity index (χ4v) is 7.39. The minimum atomic E-state index is -3.72. The lowest BCUT2D eigenvalue weighted by atomic mass is 10.0. The molecule has 1 N–H and O–H groups in total. The number of hydrogen-bond acceptors (Lipinski definition) is 7. The van der Waals surface area contributed by atoms with E-state index in [9.17, 15) is 23.3 Å². The Labute approximate surface area is 225 Å². The van der Waals surface area contributed by atoms with E-state index >= 15 is 0 Å². The number of rotatable bonds is 5. The smallest absolute Gasteiger partial charge is 0.410 e. The number of benzene rings is 2. The zero-order valence-electron chi connectivity index (χ0n) is 20.8. The van der Waals surface area contributed by atoms with Crippen LogP contribution in [-0.4, -0.2) is 49.3 Å². The Morgan fingerprint density at radius 1 is 1.05 bits per heavy atom. The third kappa shape index (κ3) is 4.90. The summed E-state index contributed by atoms with van der Waals surface area (Å²) in [5, 5.41) is 13.0. The number of nitrogens with zero attached hydrogens (tertiary/aromatic N) is 3. The van der Waals surface area contributed by atoms with Crippen molar-refractivity contribution in [2.24, 2.45) is 0 Å². The molecule has 0 spiro atoms. The van der Waals surface area contributed by atoms with E-state index in [0.29, 0.717) is 49.6 Å². The van der Waals surface area contributed by atoms with E-state index in [1.54, 1.807) is 11.8 Å². The van der Waals surface area contributed by atoms with Crippen molar-refractivity contribution in [2.45, 2.75) is 37.8 Å². The highest BCUT2D eigenvalue weighted by molar-refractivity contribution is 7.89. The van der Waals surface area contributed by atoms with Gasteiger partial charge in [0.2, 0.25) is 10.0 Å². The molecule has 38 heavy (non-hydrogen) atoms. The van der Waals surface area contributed by atoms with Crippen LogP contribution in [0.3, 0.4) is 0 Å². The second kappa shape index (κ2) is 10.6. The molecule has 0 saturated carbocycles. The van der Waals surface area contributed by atoms with Crippen LogP contribution in [0, 0.1) is 11.3 Å². The standard InChI is InChI=1S/C27H26N4O5S2/c1-2-36-27(33)30-13-12-22-23(15-28)26(37-24(22)17-30)29-25(32)19-7-9-21(10-8-19)38(34,35)31-14-11-18-5-3-4-6-20(18)16-31/h3-10H,2,11-14,16-17H2,1H3,(H,29,32). The summed E-state index contributed by atoms with van der Waals surface area (Å²) in [6.45, 7) is 3.49. The highest BCUT2D eigenvalue weighted by atomic mass is 32.2. The zero-order valence-corrected chi connectivity index (χ0v) is 22.4. The van der Waals surface area contributed by atoms with Crippen molar-refractivity contribution >= 4 is 38.4 Å². The molecular weight excluding hydrogens is 524 g/mol. The van der Waals surface area contributed by atoms with Crippen LogP contribution >= 0.6 is 11.3 Å². The van der Waals surface area contributed by atoms with E-state index in [1.807, 2.05) is 24.3 Å². The molecule has 2 aliphatic rings. The number of carbonyl (C=O) groups is 2. The lowest BCUT2D eigenvalue weighted by Gasteiger charge is -2.28. The van der Waals surface area contributed by atoms with Gasteiger partial charge in [-0.05, 0) is 60.7 Å². The highest BCUT2D eigenvalue weighted by Crippen LogP contribution is 2.37. The quantitative estimate of drug-likeness (QED) is 0.510. The number of fused-ring (bicyclic) bond motifs is 2. The summed E-state index contributed by atoms with van der Waals surface area (Å²) < 4.78 is 33.0. The molecule has 0 aliphatic carbocycles. The van der Waals surface area contributed by atoms with Gasteiger partial charge in [-0.25, -0.2) is 13.2 Å². The summed E-state index contributed by atoms with van der Waals surface area (Å²) >= 11 is 1.26. The summed E-state index contributed by atoms with van der Waals surface area (Å²) in [5.74, 6) is -0.446. The molecule has 0 fully saturated rings. The number of sulfonamides is 1. The van der Waals surface area contributed by atoms with Gasteiger partial charge >= 0.3 is 6.09 Å². The van der Waals surface area contributed by atoms with E-state index in [4.69, 9.17) is 4.74 Å². The molecular formula is C27H26N4O5S2. The Morgan fingerprint density at radius 2 is 1.79 bits per heavy atom. The molecule has 0 radical (unpaired) electrons. The molecule has 11 heteroatoms. The molecule has 1 aromatic heterocycles. The molecule has 0 saturated heterocycles. The first-order valence-corrected chi connectivity index (χ1v) is 14.5. The van der Waals surface area contributed by atoms with Gasteiger partial charge in [0, 0.05) is 30.1 Å². The third-order valence-electron chi connectivity index (χ3n) is 6.77. The van der Waals surface area contributed by atoms with E-state index in [1.165, 1.54) is 39.9 Å². The molecule has 0 atom stereocenters. The number of ether oxygens (including phenoxy) is 1. The SMILES string of the molecule is CCOC(=O)N1CCc2c(sc(NC(=O)c3ccc(S(=O)(=O)N4CCc5ccccc5C4)cc3)c2C#N)C1. The van der Waals surface area contributed by atoms with Crippen molar-refractivity contribution in [3.8, 4) is 6.07 Å². The Hall–Kier alpha value is -3.72. The molecule has 0 unspecified atom stereocenters. The molecule has 196 valence electrons. The maximum atomic E-state index is 13.2. The average Bonchev–Trinajstić information content (AvgIpc) is 3.28. The van der Waals surface area contributed by atoms with Gasteiger partial charge in [-0.2, -0.15) is 9.57 Å². The molecule has 2 aliphatic heterocycles. The fourth-order valence-electron chi connectivity index (χ4n) is 4.76. The van der Waals surface area contributed by atoms with Crippen LogP contribution in [0.5, 0.6) is 0 Å². The Balaban J connectivity index is 1.30. The van der Waals surface area contributed by atoms with Gasteiger partial charge in [0.15, 0.2) is 0 Å². The Morgan fingerprint density at radius 3 is 2.50 bits per heavy atom. The maximum Gasteiger partial charge on any atom is 0.410 e. The minimum Gasteiger partial charge on any atom is -0.450 e. The van der Waals surface area contributed by atoms with E-state index in [2.05, 4.69) is 11.4 Å². The second-order valence-electron chi connectivity index (χ2n) is 9.03. The van der Waals surface area contributed by atoms with Crippen molar-refractivity contribution in [1.29, 1.82) is 5.26 Å². The molecule has 2 amide bonds. The van der Waals surface area contributed by atoms with Crippen LogP contribution in [0.2, 0.25) is 0 Å². The van der Waals surface area contributed by atoms with Crippen molar-refractivity contribution in [1.82, 2.24) is 9.21 Å². The second-order valence-corrected chi connectivity index (χ2v) is 12.1. The van der Waals surface area contributed by atoms with Crippen LogP contribution in [-0.2, 0) is 40.7 Å². The van der Waals surface area contributed by atoms with Crippen molar-refractivity contribution < 1.29 is 22.7 Å². The van der Waals surface area contributed by atoms with Gasteiger partial charge in [0.05, 0.1) is 23.6 Å². The Kier molecular flexibility index (Phi) is 7.21. The van der Waals surface area contributed by atoms with Gasteiger partial charge in [-0.15, -0.1) is 11.3 Å². The minimum absolute atomic E-state index is 0.122. The number of nitriles is 1. The number of carbonyl (C=O) groups excluding carboxylic acids is 2. The Bertz CT molecular complexity index is 1540. The molecule has 5 rings (SSSR count). The lowest BCUT2D eigenvalue weighted by molar-refractivity contribution is 0.102. The first-order chi connectivity index (χ1) is 18.3. The van der Waals surface area contributed by atoms with Crippen molar-refractivity contribution in [3.63, 3.8) is 0 Å². The summed E-state index contributed by atoms with van der Waals surface area (Å²) in [6, 6.07) is 15.8. The highest BCUT2D eigenvalue weighted by Gasteiger charge is 2.30. The number of nitrogens with one attached hydrogen (secondary N) is 1. The predicted octanol–water partition coefficient (Wildman–Crippen LogP) is 4.13. The number of anilines is 1. The normalized spacial score (nSPS) is 15.2. The topological polar surface area (TPSA) is 120 Å². The monoisotopic (exact) mass is 550 g/mol. The predicted molar refractivity (Wildman–Crippen MR) is 142 cm³/mol. The molecule has 3 heterocycles. The molecule has 2 aromatic carbocycles. The van der Waals surface area contributed by atoms with E-state index < -0.39 is 22.0 Å². The summed E-state index contributed by atoms with van der Waals surface area (Å²) in [6.07, 6.45) is 0.746. The summed E-state index contributed by atoms with van der Waals surface area (Å²) in [4.78, 5) is 27.6. The number of amides is 2. The van der Waals surface area contributed by atoms with Gasteiger partial charge in [-0.1, -0.05) is 24.3 Å². The van der Waals surface area contributed by atoms with Crippen LogP contribution in [0.25, 0.3) is 0 Å². The average molecular weight is 551 g/mol. The van der Waals surface area contributed by atoms with Crippen LogP contribution in [0.4, 0.5) is 9.80 Å². The van der Waals surface area contributed by atoms with E-state index in [0.717, 1.165) is 21.6 Å². The lowest BCUT2D eigenvalue weighted by Crippen LogP contribution is -2.35. The van der Waals surface area contributed by atoms with Crippen LogP contribution < -0.4 is 5.32 Å². The zero-order chi connectivity index (χ0) is 26.9. The molecule has 9 nitrogen and oxygen atoms in total. The number of hydrogen-bond donors (Lipinski definition) is 1. The van der Waals surface area contributed by atoms with Gasteiger partial charge in [0.1, 0.15) is 11.1 Å².